The Hall–Kier alpha value is -0.610. The Bertz CT molecular complexity index is 425. The van der Waals surface area contributed by atoms with E-state index in [1.165, 1.54) is 11.1 Å². The van der Waals surface area contributed by atoms with E-state index in [9.17, 15) is 0 Å². The second-order valence-electron chi connectivity index (χ2n) is 5.15. The Morgan fingerprint density at radius 2 is 2.32 bits per heavy atom. The summed E-state index contributed by atoms with van der Waals surface area (Å²) in [6.45, 7) is 7.59. The van der Waals surface area contributed by atoms with Crippen molar-refractivity contribution in [2.45, 2.75) is 32.4 Å². The van der Waals surface area contributed by atoms with E-state index in [0.29, 0.717) is 12.6 Å². The molecule has 1 heterocycles. The molecule has 1 aliphatic rings. The second kappa shape index (κ2) is 6.71. The van der Waals surface area contributed by atoms with Crippen molar-refractivity contribution in [3.63, 3.8) is 0 Å². The van der Waals surface area contributed by atoms with Gasteiger partial charge in [0.1, 0.15) is 0 Å². The first-order chi connectivity index (χ1) is 9.15. The fraction of sp³-hybridized carbons (Fsp3) is 0.600. The van der Waals surface area contributed by atoms with E-state index in [2.05, 4.69) is 24.8 Å². The molecule has 0 aliphatic carbocycles. The number of rotatable bonds is 4. The number of nitrogens with zero attached hydrogens (tertiary/aromatic N) is 1. The molecule has 106 valence electrons. The maximum absolute atomic E-state index is 6.03. The molecule has 0 radical (unpaired) electrons. The van der Waals surface area contributed by atoms with Crippen LogP contribution in [0.2, 0.25) is 5.02 Å². The highest BCUT2D eigenvalue weighted by Gasteiger charge is 2.26. The molecule has 0 amide bonds. The van der Waals surface area contributed by atoms with Crippen molar-refractivity contribution in [1.82, 2.24) is 4.90 Å². The van der Waals surface area contributed by atoms with E-state index in [1.54, 1.807) is 0 Å². The number of nitrogens with two attached hydrogens (primary N) is 1. The van der Waals surface area contributed by atoms with E-state index in [0.717, 1.165) is 31.1 Å². The van der Waals surface area contributed by atoms with Crippen molar-refractivity contribution in [1.29, 1.82) is 0 Å². The van der Waals surface area contributed by atoms with Crippen molar-refractivity contribution >= 4 is 11.6 Å². The molecule has 4 heteroatoms. The fourth-order valence-corrected chi connectivity index (χ4v) is 2.98. The van der Waals surface area contributed by atoms with Gasteiger partial charge >= 0.3 is 0 Å². The Balaban J connectivity index is 2.19. The van der Waals surface area contributed by atoms with Gasteiger partial charge in [-0.15, -0.1) is 0 Å². The summed E-state index contributed by atoms with van der Waals surface area (Å²) in [7, 11) is 0. The summed E-state index contributed by atoms with van der Waals surface area (Å²) in [6.07, 6.45) is 1.38. The number of halogens is 1. The van der Waals surface area contributed by atoms with Gasteiger partial charge in [-0.05, 0) is 36.6 Å². The molecule has 1 saturated heterocycles. The van der Waals surface area contributed by atoms with Crippen LogP contribution in [0.3, 0.4) is 0 Å². The number of aryl methyl sites for hydroxylation is 1. The lowest BCUT2D eigenvalue weighted by molar-refractivity contribution is -0.0438. The van der Waals surface area contributed by atoms with Crippen molar-refractivity contribution in [3.8, 4) is 0 Å². The van der Waals surface area contributed by atoms with Crippen molar-refractivity contribution in [2.75, 3.05) is 26.2 Å². The predicted molar refractivity (Wildman–Crippen MR) is 79.6 cm³/mol. The molecule has 0 spiro atoms. The van der Waals surface area contributed by atoms with Crippen LogP contribution in [-0.4, -0.2) is 37.2 Å². The molecule has 1 aliphatic heterocycles. The molecule has 0 bridgehead atoms. The van der Waals surface area contributed by atoms with Gasteiger partial charge in [0.15, 0.2) is 0 Å². The molecule has 0 saturated carbocycles. The predicted octanol–water partition coefficient (Wildman–Crippen LogP) is 2.76. The molecule has 2 atom stereocenters. The van der Waals surface area contributed by atoms with Gasteiger partial charge in [-0.25, -0.2) is 0 Å². The van der Waals surface area contributed by atoms with Crippen LogP contribution in [0.5, 0.6) is 0 Å². The molecular formula is C15H23ClN2O. The molecule has 3 nitrogen and oxygen atoms in total. The highest BCUT2D eigenvalue weighted by molar-refractivity contribution is 6.30. The molecule has 2 unspecified atom stereocenters. The zero-order valence-corrected chi connectivity index (χ0v) is 12.5. The van der Waals surface area contributed by atoms with Crippen molar-refractivity contribution in [2.24, 2.45) is 5.73 Å². The lowest BCUT2D eigenvalue weighted by Gasteiger charge is -2.38. The summed E-state index contributed by atoms with van der Waals surface area (Å²) in [5, 5.41) is 0.783. The zero-order chi connectivity index (χ0) is 13.8. The fourth-order valence-electron chi connectivity index (χ4n) is 2.76. The SMILES string of the molecule is CCC1CN(C(CN)c2ccc(Cl)cc2C)CCO1. The second-order valence-corrected chi connectivity index (χ2v) is 5.58. The third kappa shape index (κ3) is 3.48. The Labute approximate surface area is 120 Å². The van der Waals surface area contributed by atoms with Crippen LogP contribution < -0.4 is 5.73 Å². The summed E-state index contributed by atoms with van der Waals surface area (Å²) in [5.74, 6) is 0. The van der Waals surface area contributed by atoms with Gasteiger partial charge in [-0.1, -0.05) is 24.6 Å². The lowest BCUT2D eigenvalue weighted by Crippen LogP contribution is -2.46. The van der Waals surface area contributed by atoms with E-state index >= 15 is 0 Å². The highest BCUT2D eigenvalue weighted by atomic mass is 35.5. The monoisotopic (exact) mass is 282 g/mol. The summed E-state index contributed by atoms with van der Waals surface area (Å²) in [4.78, 5) is 2.44. The molecule has 1 aromatic carbocycles. The molecule has 1 aromatic rings. The van der Waals surface area contributed by atoms with Crippen LogP contribution in [0.15, 0.2) is 18.2 Å². The van der Waals surface area contributed by atoms with Gasteiger partial charge in [0.2, 0.25) is 0 Å². The Morgan fingerprint density at radius 3 is 2.95 bits per heavy atom. The first kappa shape index (κ1) is 14.8. The Morgan fingerprint density at radius 1 is 1.53 bits per heavy atom. The summed E-state index contributed by atoms with van der Waals surface area (Å²) >= 11 is 6.03. The summed E-state index contributed by atoms with van der Waals surface area (Å²) in [5.41, 5.74) is 8.51. The molecule has 0 aromatic heterocycles. The van der Waals surface area contributed by atoms with Gasteiger partial charge < -0.3 is 10.5 Å². The zero-order valence-electron chi connectivity index (χ0n) is 11.7. The number of hydrogen-bond acceptors (Lipinski definition) is 3. The van der Waals surface area contributed by atoms with Gasteiger partial charge in [0.05, 0.1) is 12.7 Å². The van der Waals surface area contributed by atoms with Crippen molar-refractivity contribution < 1.29 is 4.74 Å². The standard InChI is InChI=1S/C15H23ClN2O/c1-3-13-10-18(6-7-19-13)15(9-17)14-5-4-12(16)8-11(14)2/h4-5,8,13,15H,3,6-7,9-10,17H2,1-2H3. The van der Waals surface area contributed by atoms with E-state index in [4.69, 9.17) is 22.1 Å². The van der Waals surface area contributed by atoms with Crippen LogP contribution >= 0.6 is 11.6 Å². The van der Waals surface area contributed by atoms with Gasteiger partial charge in [-0.2, -0.15) is 0 Å². The minimum atomic E-state index is 0.259. The van der Waals surface area contributed by atoms with Crippen LogP contribution in [0, 0.1) is 6.92 Å². The smallest absolute Gasteiger partial charge is 0.0700 e. The quantitative estimate of drug-likeness (QED) is 0.923. The summed E-state index contributed by atoms with van der Waals surface area (Å²) < 4.78 is 5.73. The number of ether oxygens (including phenoxy) is 1. The number of morpholine rings is 1. The van der Waals surface area contributed by atoms with E-state index in [1.807, 2.05) is 12.1 Å². The van der Waals surface area contributed by atoms with Crippen LogP contribution in [0.4, 0.5) is 0 Å². The summed E-state index contributed by atoms with van der Waals surface area (Å²) in [6, 6.07) is 6.32. The maximum atomic E-state index is 6.03. The first-order valence-electron chi connectivity index (χ1n) is 6.97. The molecule has 19 heavy (non-hydrogen) atoms. The van der Waals surface area contributed by atoms with Gasteiger partial charge in [-0.3, -0.25) is 4.90 Å². The average Bonchev–Trinajstić information content (AvgIpc) is 2.42. The largest absolute Gasteiger partial charge is 0.376 e. The number of benzene rings is 1. The maximum Gasteiger partial charge on any atom is 0.0700 e. The highest BCUT2D eigenvalue weighted by Crippen LogP contribution is 2.27. The number of hydrogen-bond donors (Lipinski definition) is 1. The molecule has 2 N–H and O–H groups in total. The van der Waals surface area contributed by atoms with Crippen molar-refractivity contribution in [3.05, 3.63) is 34.3 Å². The van der Waals surface area contributed by atoms with E-state index < -0.39 is 0 Å². The van der Waals surface area contributed by atoms with Crippen LogP contribution in [0.1, 0.15) is 30.5 Å². The topological polar surface area (TPSA) is 38.5 Å². The van der Waals surface area contributed by atoms with Gasteiger partial charge in [0, 0.05) is 30.7 Å². The molecular weight excluding hydrogens is 260 g/mol. The minimum absolute atomic E-state index is 0.259. The molecule has 2 rings (SSSR count). The van der Waals surface area contributed by atoms with Crippen LogP contribution in [0.25, 0.3) is 0 Å². The lowest BCUT2D eigenvalue weighted by atomic mass is 9.99. The van der Waals surface area contributed by atoms with Gasteiger partial charge in [0.25, 0.3) is 0 Å². The van der Waals surface area contributed by atoms with Crippen LogP contribution in [-0.2, 0) is 4.74 Å². The Kier molecular flexibility index (Phi) is 5.22. The first-order valence-corrected chi connectivity index (χ1v) is 7.35. The third-order valence-corrected chi connectivity index (χ3v) is 4.12. The normalized spacial score (nSPS) is 22.4. The average molecular weight is 283 g/mol. The van der Waals surface area contributed by atoms with E-state index in [-0.39, 0.29) is 6.04 Å². The third-order valence-electron chi connectivity index (χ3n) is 3.88. The molecule has 1 fully saturated rings. The minimum Gasteiger partial charge on any atom is -0.376 e.